The van der Waals surface area contributed by atoms with E-state index in [-0.39, 0.29) is 0 Å². The largest absolute Gasteiger partial charge is 0.494 e. The van der Waals surface area contributed by atoms with Gasteiger partial charge >= 0.3 is 0 Å². The molecule has 2 heterocycles. The maximum absolute atomic E-state index is 6.11. The highest BCUT2D eigenvalue weighted by Crippen LogP contribution is 2.38. The zero-order valence-corrected chi connectivity index (χ0v) is 49.2. The van der Waals surface area contributed by atoms with Crippen LogP contribution in [0.5, 0.6) is 23.0 Å². The second-order valence-electron chi connectivity index (χ2n) is 21.1. The lowest BCUT2D eigenvalue weighted by Gasteiger charge is -2.26. The third kappa shape index (κ3) is 19.0. The first-order valence-electron chi connectivity index (χ1n) is 30.5. The molecule has 0 atom stereocenters. The average molecular weight is 1100 g/mol. The van der Waals surface area contributed by atoms with E-state index in [1.807, 2.05) is 24.5 Å². The fourth-order valence-corrected chi connectivity index (χ4v) is 9.77. The molecule has 2 aromatic heterocycles. The molecular weight excluding hydrogens is 1010 g/mol. The summed E-state index contributed by atoms with van der Waals surface area (Å²) in [5, 5.41) is 0. The lowest BCUT2D eigenvalue weighted by atomic mass is 10.1. The van der Waals surface area contributed by atoms with E-state index in [0.717, 1.165) is 143 Å². The number of hydrogen-bond donors (Lipinski definition) is 0. The number of pyridine rings is 2. The van der Waals surface area contributed by atoms with Crippen molar-refractivity contribution in [2.24, 2.45) is 0 Å². The Bertz CT molecular complexity index is 2790. The third-order valence-electron chi connectivity index (χ3n) is 14.5. The number of benzene rings is 6. The lowest BCUT2D eigenvalue weighted by molar-refractivity contribution is 0.305. The van der Waals surface area contributed by atoms with Crippen LogP contribution in [0.1, 0.15) is 153 Å². The quantitative estimate of drug-likeness (QED) is 0.0364. The molecule has 0 unspecified atom stereocenters. The number of nitrogens with zero attached hydrogens (tertiary/aromatic N) is 4. The minimum absolute atomic E-state index is 0.735. The van der Waals surface area contributed by atoms with E-state index >= 15 is 0 Å². The number of ether oxygens (including phenoxy) is 4. The lowest BCUT2D eigenvalue weighted by Crippen LogP contribution is -2.10. The first-order chi connectivity index (χ1) is 40.5. The summed E-state index contributed by atoms with van der Waals surface area (Å²) in [6.45, 7) is 11.9. The molecule has 0 aliphatic rings. The van der Waals surface area contributed by atoms with Crippen LogP contribution in [0.15, 0.2) is 182 Å². The molecule has 8 rings (SSSR count). The molecule has 8 heteroatoms. The Morgan fingerprint density at radius 2 is 0.524 bits per heavy atom. The van der Waals surface area contributed by atoms with E-state index in [0.29, 0.717) is 0 Å². The normalized spacial score (nSPS) is 11.3. The molecule has 8 nitrogen and oxygen atoms in total. The maximum Gasteiger partial charge on any atom is 0.119 e. The van der Waals surface area contributed by atoms with Crippen LogP contribution in [0.25, 0.3) is 35.7 Å². The fourth-order valence-electron chi connectivity index (χ4n) is 9.77. The predicted octanol–water partition coefficient (Wildman–Crippen LogP) is 21.3. The van der Waals surface area contributed by atoms with Crippen LogP contribution in [0.4, 0.5) is 34.1 Å². The number of aromatic nitrogens is 2. The molecule has 426 valence electrons. The maximum atomic E-state index is 6.11. The Morgan fingerprint density at radius 3 is 0.780 bits per heavy atom. The first kappa shape index (κ1) is 60.0. The molecule has 0 aliphatic heterocycles. The molecule has 8 aromatic rings. The minimum atomic E-state index is 0.735. The second-order valence-corrected chi connectivity index (χ2v) is 21.1. The molecule has 0 N–H and O–H groups in total. The molecule has 0 spiro atoms. The highest BCUT2D eigenvalue weighted by molar-refractivity contribution is 5.81. The van der Waals surface area contributed by atoms with Gasteiger partial charge in [-0.15, -0.1) is 0 Å². The van der Waals surface area contributed by atoms with Crippen molar-refractivity contribution in [3.8, 4) is 34.4 Å². The van der Waals surface area contributed by atoms with Gasteiger partial charge in [-0.05, 0) is 194 Å². The summed E-state index contributed by atoms with van der Waals surface area (Å²) >= 11 is 0. The van der Waals surface area contributed by atoms with Gasteiger partial charge in [0.2, 0.25) is 0 Å². The number of anilines is 6. The van der Waals surface area contributed by atoms with Gasteiger partial charge in [-0.3, -0.25) is 9.97 Å². The first-order valence-corrected chi connectivity index (χ1v) is 30.5. The van der Waals surface area contributed by atoms with Crippen molar-refractivity contribution < 1.29 is 18.9 Å². The smallest absolute Gasteiger partial charge is 0.119 e. The monoisotopic (exact) mass is 1090 g/mol. The van der Waals surface area contributed by atoms with Gasteiger partial charge in [-0.1, -0.05) is 153 Å². The van der Waals surface area contributed by atoms with Crippen molar-refractivity contribution in [3.05, 3.63) is 205 Å². The van der Waals surface area contributed by atoms with Crippen LogP contribution >= 0.6 is 0 Å². The number of unbranched alkanes of at least 4 members (excludes halogenated alkanes) is 12. The van der Waals surface area contributed by atoms with E-state index in [1.54, 1.807) is 0 Å². The molecule has 0 bridgehead atoms. The molecule has 0 saturated carbocycles. The van der Waals surface area contributed by atoms with Gasteiger partial charge < -0.3 is 28.7 Å². The van der Waals surface area contributed by atoms with Gasteiger partial charge in [0.15, 0.2) is 0 Å². The van der Waals surface area contributed by atoms with Crippen molar-refractivity contribution in [1.29, 1.82) is 0 Å². The van der Waals surface area contributed by atoms with Crippen molar-refractivity contribution in [2.45, 2.75) is 130 Å². The molecular formula is C74H86N4O4. The molecule has 0 radical (unpaired) electrons. The summed E-state index contributed by atoms with van der Waals surface area (Å²) in [4.78, 5) is 14.0. The number of rotatable bonds is 35. The van der Waals surface area contributed by atoms with Crippen molar-refractivity contribution >= 4 is 58.4 Å². The van der Waals surface area contributed by atoms with E-state index in [4.69, 9.17) is 28.9 Å². The Kier molecular flexibility index (Phi) is 24.6. The van der Waals surface area contributed by atoms with Crippen LogP contribution in [0.2, 0.25) is 0 Å². The molecule has 0 aliphatic carbocycles. The van der Waals surface area contributed by atoms with Crippen LogP contribution in [0, 0.1) is 0 Å². The van der Waals surface area contributed by atoms with E-state index < -0.39 is 0 Å². The van der Waals surface area contributed by atoms with Gasteiger partial charge in [0.05, 0.1) is 37.8 Å². The molecule has 0 fully saturated rings. The van der Waals surface area contributed by atoms with Crippen molar-refractivity contribution in [2.75, 3.05) is 36.2 Å². The highest BCUT2D eigenvalue weighted by atomic mass is 16.5. The molecule has 0 saturated heterocycles. The van der Waals surface area contributed by atoms with Gasteiger partial charge in [-0.25, -0.2) is 0 Å². The van der Waals surface area contributed by atoms with Gasteiger partial charge in [-0.2, -0.15) is 0 Å². The fraction of sp³-hybridized carbons (Fsp3) is 0.324. The summed E-state index contributed by atoms with van der Waals surface area (Å²) in [5.41, 5.74) is 12.2. The van der Waals surface area contributed by atoms with E-state index in [2.05, 4.69) is 220 Å². The van der Waals surface area contributed by atoms with E-state index in [1.165, 1.54) is 77.0 Å². The summed E-state index contributed by atoms with van der Waals surface area (Å²) in [7, 11) is 0. The standard InChI is InChI=1S/C74H86N4O4/c1-5-9-13-17-53-79-69-41-33-65(34-42-69)77(66-35-43-70(44-36-66)80-54-18-14-10-6-2)63-29-25-59(26-30-63)21-23-61-49-51-75-73(57-61)74-58-62(50-52-76-74)24-22-60-27-31-64(32-28-60)78(67-37-45-71(46-38-67)81-55-19-15-11-7-3)68-39-47-72(48-40-68)82-56-20-16-12-8-4/h21-52,57-58H,5-20,53-56H2,1-4H3/b23-21+,24-22+. The highest BCUT2D eigenvalue weighted by Gasteiger charge is 2.16. The second kappa shape index (κ2) is 33.6. The van der Waals surface area contributed by atoms with Crippen LogP contribution in [-0.4, -0.2) is 36.4 Å². The van der Waals surface area contributed by atoms with Crippen molar-refractivity contribution in [3.63, 3.8) is 0 Å². The minimum Gasteiger partial charge on any atom is -0.494 e. The zero-order chi connectivity index (χ0) is 56.8. The van der Waals surface area contributed by atoms with E-state index in [9.17, 15) is 0 Å². The average Bonchev–Trinajstić information content (AvgIpc) is 3.59. The SMILES string of the molecule is CCCCCCOc1ccc(N(c2ccc(/C=C/c3ccnc(-c4cc(/C=C/c5ccc(N(c6ccc(OCCCCCC)cc6)c6ccc(OCCCCCC)cc6)cc5)ccn4)c3)cc2)c2ccc(OCCCCCC)cc2)cc1. The van der Waals surface area contributed by atoms with Gasteiger partial charge in [0, 0.05) is 46.5 Å². The molecule has 82 heavy (non-hydrogen) atoms. The summed E-state index contributed by atoms with van der Waals surface area (Å²) in [5.74, 6) is 3.57. The third-order valence-corrected chi connectivity index (χ3v) is 14.5. The Morgan fingerprint density at radius 1 is 0.280 bits per heavy atom. The molecule has 0 amide bonds. The van der Waals surface area contributed by atoms with Gasteiger partial charge in [0.25, 0.3) is 0 Å². The Balaban J connectivity index is 0.930. The van der Waals surface area contributed by atoms with Crippen LogP contribution in [0.3, 0.4) is 0 Å². The van der Waals surface area contributed by atoms with Crippen molar-refractivity contribution in [1.82, 2.24) is 9.97 Å². The summed E-state index contributed by atoms with van der Waals surface area (Å²) in [6.07, 6.45) is 31.1. The van der Waals surface area contributed by atoms with Gasteiger partial charge in [0.1, 0.15) is 23.0 Å². The number of hydrogen-bond acceptors (Lipinski definition) is 8. The topological polar surface area (TPSA) is 69.2 Å². The summed E-state index contributed by atoms with van der Waals surface area (Å²) < 4.78 is 24.5. The summed E-state index contributed by atoms with van der Waals surface area (Å²) in [6, 6.07) is 59.4. The predicted molar refractivity (Wildman–Crippen MR) is 346 cm³/mol. The zero-order valence-electron chi connectivity index (χ0n) is 49.2. The van der Waals surface area contributed by atoms with Crippen LogP contribution in [-0.2, 0) is 0 Å². The molecule has 6 aromatic carbocycles. The Labute approximate surface area is 490 Å². The van der Waals surface area contributed by atoms with Crippen LogP contribution < -0.4 is 28.7 Å². The Hall–Kier alpha value is -8.10.